The van der Waals surface area contributed by atoms with Crippen molar-refractivity contribution in [2.75, 3.05) is 5.32 Å². The predicted octanol–water partition coefficient (Wildman–Crippen LogP) is 1.59. The first-order valence-electron chi connectivity index (χ1n) is 6.22. The number of benzene rings is 1. The minimum Gasteiger partial charge on any atom is -0.478 e. The maximum absolute atomic E-state index is 11.8. The van der Waals surface area contributed by atoms with Gasteiger partial charge in [-0.3, -0.25) is 9.48 Å². The molecular formula is C14H13N3O3. The molecule has 1 aliphatic heterocycles. The lowest BCUT2D eigenvalue weighted by Gasteiger charge is -2.24. The Hall–Kier alpha value is -2.63. The molecule has 0 spiro atoms. The Bertz CT molecular complexity index is 705. The molecule has 2 heterocycles. The number of carbonyl (C=O) groups excluding carboxylic acids is 1. The van der Waals surface area contributed by atoms with Gasteiger partial charge in [0.2, 0.25) is 5.91 Å². The second-order valence-corrected chi connectivity index (χ2v) is 4.77. The molecule has 6 heteroatoms. The van der Waals surface area contributed by atoms with E-state index < -0.39 is 5.97 Å². The number of aromatic carboxylic acids is 1. The number of carbonyl (C=O) groups is 2. The second-order valence-electron chi connectivity index (χ2n) is 4.77. The third-order valence-corrected chi connectivity index (χ3v) is 3.56. The van der Waals surface area contributed by atoms with Crippen LogP contribution in [0.1, 0.15) is 33.8 Å². The lowest BCUT2D eigenvalue weighted by molar-refractivity contribution is -0.116. The molecule has 1 atom stereocenters. The molecule has 1 aliphatic rings. The number of nitrogens with one attached hydrogen (secondary N) is 1. The van der Waals surface area contributed by atoms with Crippen LogP contribution in [0.5, 0.6) is 0 Å². The minimum atomic E-state index is -0.989. The first-order chi connectivity index (χ1) is 9.58. The largest absolute Gasteiger partial charge is 0.478 e. The van der Waals surface area contributed by atoms with Crippen molar-refractivity contribution in [3.8, 4) is 0 Å². The van der Waals surface area contributed by atoms with Gasteiger partial charge in [-0.15, -0.1) is 0 Å². The smallest absolute Gasteiger partial charge is 0.335 e. The van der Waals surface area contributed by atoms with Crippen LogP contribution in [-0.4, -0.2) is 26.8 Å². The average molecular weight is 271 g/mol. The standard InChI is InChI=1S/C14H13N3O3/c1-17-13-11(7-15-17)10(6-12(18)16-13)8-4-2-3-5-9(8)14(19)20/h2-5,7,10H,6H2,1H3,(H,16,18)(H,19,20). The SMILES string of the molecule is Cn1ncc2c1NC(=O)CC2c1ccccc1C(=O)O. The highest BCUT2D eigenvalue weighted by Gasteiger charge is 2.31. The molecule has 0 saturated carbocycles. The first kappa shape index (κ1) is 12.4. The van der Waals surface area contributed by atoms with Crippen LogP contribution in [0.2, 0.25) is 0 Å². The number of carboxylic acid groups (broad SMARTS) is 1. The van der Waals surface area contributed by atoms with Gasteiger partial charge >= 0.3 is 5.97 Å². The van der Waals surface area contributed by atoms with E-state index in [9.17, 15) is 14.7 Å². The fourth-order valence-electron chi connectivity index (χ4n) is 2.61. The highest BCUT2D eigenvalue weighted by atomic mass is 16.4. The average Bonchev–Trinajstić information content (AvgIpc) is 2.79. The van der Waals surface area contributed by atoms with E-state index in [0.29, 0.717) is 11.4 Å². The molecule has 1 unspecified atom stereocenters. The molecule has 102 valence electrons. The topological polar surface area (TPSA) is 84.2 Å². The van der Waals surface area contributed by atoms with Crippen LogP contribution in [0.15, 0.2) is 30.5 Å². The number of amides is 1. The fourth-order valence-corrected chi connectivity index (χ4v) is 2.61. The van der Waals surface area contributed by atoms with E-state index in [4.69, 9.17) is 0 Å². The van der Waals surface area contributed by atoms with Crippen LogP contribution < -0.4 is 5.32 Å². The van der Waals surface area contributed by atoms with Gasteiger partial charge in [-0.25, -0.2) is 4.79 Å². The van der Waals surface area contributed by atoms with Crippen LogP contribution >= 0.6 is 0 Å². The summed E-state index contributed by atoms with van der Waals surface area (Å²) in [5, 5.41) is 16.2. The maximum Gasteiger partial charge on any atom is 0.335 e. The van der Waals surface area contributed by atoms with Gasteiger partial charge in [-0.2, -0.15) is 5.10 Å². The number of anilines is 1. The number of hydrogen-bond donors (Lipinski definition) is 2. The normalized spacial score (nSPS) is 17.4. The quantitative estimate of drug-likeness (QED) is 0.868. The zero-order valence-electron chi connectivity index (χ0n) is 10.8. The number of fused-ring (bicyclic) bond motifs is 1. The molecule has 0 bridgehead atoms. The second kappa shape index (κ2) is 4.48. The number of nitrogens with zero attached hydrogens (tertiary/aromatic N) is 2. The van der Waals surface area contributed by atoms with Gasteiger partial charge in [0.1, 0.15) is 5.82 Å². The van der Waals surface area contributed by atoms with Crippen molar-refractivity contribution in [2.45, 2.75) is 12.3 Å². The van der Waals surface area contributed by atoms with Crippen LogP contribution in [0, 0.1) is 0 Å². The third-order valence-electron chi connectivity index (χ3n) is 3.56. The summed E-state index contributed by atoms with van der Waals surface area (Å²) in [4.78, 5) is 23.2. The molecule has 2 N–H and O–H groups in total. The van der Waals surface area contributed by atoms with E-state index in [-0.39, 0.29) is 23.8 Å². The Labute approximate surface area is 115 Å². The Morgan fingerprint density at radius 1 is 1.40 bits per heavy atom. The lowest BCUT2D eigenvalue weighted by atomic mass is 9.85. The third kappa shape index (κ3) is 1.85. The van der Waals surface area contributed by atoms with Gasteiger partial charge in [-0.05, 0) is 11.6 Å². The molecular weight excluding hydrogens is 258 g/mol. The van der Waals surface area contributed by atoms with Crippen LogP contribution in [0.4, 0.5) is 5.82 Å². The Morgan fingerprint density at radius 2 is 2.15 bits per heavy atom. The monoisotopic (exact) mass is 271 g/mol. The highest BCUT2D eigenvalue weighted by molar-refractivity contribution is 5.96. The van der Waals surface area contributed by atoms with Gasteiger partial charge in [0, 0.05) is 24.9 Å². The summed E-state index contributed by atoms with van der Waals surface area (Å²) in [6.07, 6.45) is 1.90. The molecule has 0 aliphatic carbocycles. The number of aromatic nitrogens is 2. The van der Waals surface area contributed by atoms with Crippen molar-refractivity contribution in [3.05, 3.63) is 47.2 Å². The summed E-state index contributed by atoms with van der Waals surface area (Å²) in [6, 6.07) is 6.77. The van der Waals surface area contributed by atoms with Gasteiger partial charge in [0.25, 0.3) is 0 Å². The van der Waals surface area contributed by atoms with Crippen LogP contribution in [-0.2, 0) is 11.8 Å². The van der Waals surface area contributed by atoms with Crippen LogP contribution in [0.3, 0.4) is 0 Å². The number of rotatable bonds is 2. The molecule has 0 saturated heterocycles. The van der Waals surface area contributed by atoms with Crippen molar-refractivity contribution in [1.82, 2.24) is 9.78 Å². The molecule has 0 radical (unpaired) electrons. The van der Waals surface area contributed by atoms with E-state index in [0.717, 1.165) is 5.56 Å². The summed E-state index contributed by atoms with van der Waals surface area (Å²) in [5.41, 5.74) is 1.71. The van der Waals surface area contributed by atoms with Crippen molar-refractivity contribution in [3.63, 3.8) is 0 Å². The molecule has 1 amide bonds. The summed E-state index contributed by atoms with van der Waals surface area (Å²) in [5.74, 6) is -0.769. The molecule has 1 aromatic carbocycles. The molecule has 2 aromatic rings. The zero-order valence-corrected chi connectivity index (χ0v) is 10.8. The first-order valence-corrected chi connectivity index (χ1v) is 6.22. The lowest BCUT2D eigenvalue weighted by Crippen LogP contribution is -2.25. The minimum absolute atomic E-state index is 0.133. The number of aryl methyl sites for hydroxylation is 1. The molecule has 20 heavy (non-hydrogen) atoms. The van der Waals surface area contributed by atoms with Gasteiger partial charge < -0.3 is 10.4 Å². The Morgan fingerprint density at radius 3 is 2.90 bits per heavy atom. The predicted molar refractivity (Wildman–Crippen MR) is 71.7 cm³/mol. The van der Waals surface area contributed by atoms with E-state index in [1.807, 2.05) is 0 Å². The molecule has 1 aromatic heterocycles. The summed E-state index contributed by atoms with van der Waals surface area (Å²) in [6.45, 7) is 0. The van der Waals surface area contributed by atoms with Crippen molar-refractivity contribution >= 4 is 17.7 Å². The van der Waals surface area contributed by atoms with Gasteiger partial charge in [-0.1, -0.05) is 18.2 Å². The number of hydrogen-bond acceptors (Lipinski definition) is 3. The van der Waals surface area contributed by atoms with E-state index in [1.54, 1.807) is 42.2 Å². The summed E-state index contributed by atoms with van der Waals surface area (Å²) < 4.78 is 1.59. The number of carboxylic acids is 1. The Kier molecular flexibility index (Phi) is 2.78. The van der Waals surface area contributed by atoms with E-state index in [2.05, 4.69) is 10.4 Å². The zero-order chi connectivity index (χ0) is 14.3. The van der Waals surface area contributed by atoms with Crippen molar-refractivity contribution < 1.29 is 14.7 Å². The van der Waals surface area contributed by atoms with Crippen molar-refractivity contribution in [1.29, 1.82) is 0 Å². The van der Waals surface area contributed by atoms with E-state index in [1.165, 1.54) is 0 Å². The Balaban J connectivity index is 2.16. The van der Waals surface area contributed by atoms with Crippen LogP contribution in [0.25, 0.3) is 0 Å². The molecule has 3 rings (SSSR count). The maximum atomic E-state index is 11.8. The fraction of sp³-hybridized carbons (Fsp3) is 0.214. The summed E-state index contributed by atoms with van der Waals surface area (Å²) in [7, 11) is 1.74. The summed E-state index contributed by atoms with van der Waals surface area (Å²) >= 11 is 0. The molecule has 6 nitrogen and oxygen atoms in total. The van der Waals surface area contributed by atoms with E-state index >= 15 is 0 Å². The highest BCUT2D eigenvalue weighted by Crippen LogP contribution is 2.37. The molecule has 0 fully saturated rings. The van der Waals surface area contributed by atoms with Crippen molar-refractivity contribution in [2.24, 2.45) is 7.05 Å². The van der Waals surface area contributed by atoms with Gasteiger partial charge in [0.15, 0.2) is 0 Å². The van der Waals surface area contributed by atoms with Gasteiger partial charge in [0.05, 0.1) is 11.8 Å².